The van der Waals surface area contributed by atoms with Gasteiger partial charge in [-0.3, -0.25) is 4.79 Å². The number of rotatable bonds is 7. The van der Waals surface area contributed by atoms with Crippen LogP contribution in [0, 0.1) is 6.92 Å². The molecule has 0 saturated carbocycles. The molecule has 0 bridgehead atoms. The first kappa shape index (κ1) is 19.6. The number of ketones is 1. The number of allylic oxidation sites excluding steroid dienone is 1. The largest absolute Gasteiger partial charge is 0.504 e. The van der Waals surface area contributed by atoms with E-state index in [0.29, 0.717) is 27.9 Å². The van der Waals surface area contributed by atoms with Crippen LogP contribution < -0.4 is 9.47 Å². The van der Waals surface area contributed by atoms with Gasteiger partial charge in [0.15, 0.2) is 17.3 Å². The van der Waals surface area contributed by atoms with Crippen molar-refractivity contribution in [2.24, 2.45) is 0 Å². The summed E-state index contributed by atoms with van der Waals surface area (Å²) in [4.78, 5) is 12.3. The van der Waals surface area contributed by atoms with Crippen molar-refractivity contribution in [2.45, 2.75) is 13.5 Å². The van der Waals surface area contributed by atoms with E-state index < -0.39 is 0 Å². The van der Waals surface area contributed by atoms with Crippen LogP contribution in [-0.4, -0.2) is 18.0 Å². The highest BCUT2D eigenvalue weighted by Crippen LogP contribution is 2.27. The Morgan fingerprint density at radius 2 is 2.00 bits per heavy atom. The number of aromatic hydroxyl groups is 1. The smallest absolute Gasteiger partial charge is 0.186 e. The van der Waals surface area contributed by atoms with Gasteiger partial charge in [0.05, 0.1) is 7.11 Å². The number of carbonyl (C=O) groups excluding carboxylic acids is 1. The van der Waals surface area contributed by atoms with Gasteiger partial charge < -0.3 is 19.0 Å². The fourth-order valence-electron chi connectivity index (χ4n) is 2.54. The maximum Gasteiger partial charge on any atom is 0.186 e. The summed E-state index contributed by atoms with van der Waals surface area (Å²) in [5, 5.41) is 10.2. The molecule has 0 atom stereocenters. The van der Waals surface area contributed by atoms with Gasteiger partial charge in [0.2, 0.25) is 0 Å². The molecule has 1 N–H and O–H groups in total. The lowest BCUT2D eigenvalue weighted by Gasteiger charge is -2.08. The fourth-order valence-corrected chi connectivity index (χ4v) is 2.71. The zero-order chi connectivity index (χ0) is 20.1. The van der Waals surface area contributed by atoms with Crippen molar-refractivity contribution in [1.82, 2.24) is 0 Å². The minimum absolute atomic E-state index is 0.0198. The molecule has 28 heavy (non-hydrogen) atoms. The number of carbonyl (C=O) groups is 1. The lowest BCUT2D eigenvalue weighted by molar-refractivity contribution is 0.104. The van der Waals surface area contributed by atoms with Crippen molar-refractivity contribution in [3.05, 3.63) is 82.3 Å². The Kier molecular flexibility index (Phi) is 6.06. The normalized spacial score (nSPS) is 11.0. The first-order valence-corrected chi connectivity index (χ1v) is 8.92. The maximum absolute atomic E-state index is 12.3. The van der Waals surface area contributed by atoms with Crippen molar-refractivity contribution >= 4 is 23.5 Å². The fraction of sp³-hybridized carbons (Fsp3) is 0.136. The average Bonchev–Trinajstić information content (AvgIpc) is 3.15. The molecule has 0 spiro atoms. The first-order chi connectivity index (χ1) is 13.5. The molecule has 1 aromatic heterocycles. The highest BCUT2D eigenvalue weighted by molar-refractivity contribution is 6.31. The van der Waals surface area contributed by atoms with Crippen LogP contribution in [0.15, 0.2) is 59.0 Å². The third kappa shape index (κ3) is 4.56. The highest BCUT2D eigenvalue weighted by Gasteiger charge is 2.09. The van der Waals surface area contributed by atoms with E-state index in [-0.39, 0.29) is 23.9 Å². The van der Waals surface area contributed by atoms with Gasteiger partial charge in [0, 0.05) is 16.1 Å². The van der Waals surface area contributed by atoms with Crippen molar-refractivity contribution in [1.29, 1.82) is 0 Å². The molecular weight excluding hydrogens is 380 g/mol. The van der Waals surface area contributed by atoms with Crippen LogP contribution in [0.3, 0.4) is 0 Å². The Labute approximate surface area is 167 Å². The summed E-state index contributed by atoms with van der Waals surface area (Å²) in [5.74, 6) is 1.83. The molecule has 2 aromatic carbocycles. The minimum atomic E-state index is -0.234. The molecule has 144 valence electrons. The topological polar surface area (TPSA) is 68.9 Å². The third-order valence-electron chi connectivity index (χ3n) is 4.13. The molecule has 3 aromatic rings. The van der Waals surface area contributed by atoms with E-state index in [1.807, 2.05) is 19.1 Å². The summed E-state index contributed by atoms with van der Waals surface area (Å²) in [7, 11) is 1.43. The number of hydrogen-bond acceptors (Lipinski definition) is 5. The number of methoxy groups -OCH3 is 1. The average molecular weight is 399 g/mol. The quantitative estimate of drug-likeness (QED) is 0.424. The SMILES string of the molecule is COc1cc(C(=O)/C=C/c2ccc(COc3cccc(Cl)c3C)o2)ccc1O. The second-order valence-electron chi connectivity index (χ2n) is 6.04. The molecule has 0 amide bonds. The molecule has 0 fully saturated rings. The van der Waals surface area contributed by atoms with Crippen molar-refractivity contribution in [2.75, 3.05) is 7.11 Å². The van der Waals surface area contributed by atoms with Crippen LogP contribution in [-0.2, 0) is 6.61 Å². The standard InChI is InChI=1S/C22H19ClO5/c1-14-18(23)4-3-5-21(14)27-13-17-8-7-16(28-17)9-11-19(24)15-6-10-20(25)22(12-15)26-2/h3-12,25H,13H2,1-2H3/b11-9+. The summed E-state index contributed by atoms with van der Waals surface area (Å²) >= 11 is 6.08. The zero-order valence-corrected chi connectivity index (χ0v) is 16.2. The molecule has 3 rings (SSSR count). The predicted molar refractivity (Wildman–Crippen MR) is 107 cm³/mol. The van der Waals surface area contributed by atoms with Gasteiger partial charge in [-0.1, -0.05) is 17.7 Å². The monoisotopic (exact) mass is 398 g/mol. The molecule has 0 aliphatic heterocycles. The number of phenolic OH excluding ortho intramolecular Hbond substituents is 1. The summed E-state index contributed by atoms with van der Waals surface area (Å²) in [6.45, 7) is 2.13. The number of halogens is 1. The first-order valence-electron chi connectivity index (χ1n) is 8.54. The molecule has 0 aliphatic rings. The van der Waals surface area contributed by atoms with Crippen LogP contribution in [0.1, 0.15) is 27.4 Å². The van der Waals surface area contributed by atoms with E-state index in [1.54, 1.807) is 24.3 Å². The maximum atomic E-state index is 12.3. The molecule has 0 unspecified atom stereocenters. The lowest BCUT2D eigenvalue weighted by atomic mass is 10.1. The second-order valence-corrected chi connectivity index (χ2v) is 6.45. The van der Waals surface area contributed by atoms with E-state index in [4.69, 9.17) is 25.5 Å². The van der Waals surface area contributed by atoms with E-state index in [0.717, 1.165) is 5.56 Å². The molecule has 0 saturated heterocycles. The van der Waals surface area contributed by atoms with E-state index in [2.05, 4.69) is 0 Å². The van der Waals surface area contributed by atoms with Crippen molar-refractivity contribution in [3.8, 4) is 17.2 Å². The van der Waals surface area contributed by atoms with Gasteiger partial charge in [0.1, 0.15) is 23.9 Å². The predicted octanol–water partition coefficient (Wildman–Crippen LogP) is 5.43. The lowest BCUT2D eigenvalue weighted by Crippen LogP contribution is -1.96. The molecule has 5 nitrogen and oxygen atoms in total. The molecule has 0 radical (unpaired) electrons. The van der Waals surface area contributed by atoms with Crippen molar-refractivity contribution < 1.29 is 23.8 Å². The van der Waals surface area contributed by atoms with Crippen LogP contribution in [0.2, 0.25) is 5.02 Å². The Hall–Kier alpha value is -3.18. The third-order valence-corrected chi connectivity index (χ3v) is 4.54. The van der Waals surface area contributed by atoms with E-state index in [1.165, 1.54) is 31.4 Å². The molecular formula is C22H19ClO5. The van der Waals surface area contributed by atoms with Crippen LogP contribution in [0.4, 0.5) is 0 Å². The number of ether oxygens (including phenoxy) is 2. The summed E-state index contributed by atoms with van der Waals surface area (Å²) in [5.41, 5.74) is 1.27. The molecule has 0 aliphatic carbocycles. The number of furan rings is 1. The van der Waals surface area contributed by atoms with Crippen LogP contribution >= 0.6 is 11.6 Å². The highest BCUT2D eigenvalue weighted by atomic mass is 35.5. The molecule has 1 heterocycles. The van der Waals surface area contributed by atoms with Gasteiger partial charge in [-0.25, -0.2) is 0 Å². The number of benzene rings is 2. The van der Waals surface area contributed by atoms with Gasteiger partial charge in [-0.2, -0.15) is 0 Å². The second kappa shape index (κ2) is 8.67. The van der Waals surface area contributed by atoms with Gasteiger partial charge in [0.25, 0.3) is 0 Å². The number of phenols is 1. The minimum Gasteiger partial charge on any atom is -0.504 e. The van der Waals surface area contributed by atoms with Crippen LogP contribution in [0.5, 0.6) is 17.2 Å². The summed E-state index contributed by atoms with van der Waals surface area (Å²) < 4.78 is 16.4. The Morgan fingerprint density at radius 3 is 2.79 bits per heavy atom. The molecule has 6 heteroatoms. The van der Waals surface area contributed by atoms with Crippen LogP contribution in [0.25, 0.3) is 6.08 Å². The Bertz CT molecular complexity index is 1020. The van der Waals surface area contributed by atoms with Crippen molar-refractivity contribution in [3.63, 3.8) is 0 Å². The van der Waals surface area contributed by atoms with E-state index >= 15 is 0 Å². The van der Waals surface area contributed by atoms with Gasteiger partial charge in [-0.05, 0) is 61.5 Å². The summed E-state index contributed by atoms with van der Waals surface area (Å²) in [6.07, 6.45) is 2.98. The summed E-state index contributed by atoms with van der Waals surface area (Å²) in [6, 6.07) is 13.4. The van der Waals surface area contributed by atoms with Gasteiger partial charge >= 0.3 is 0 Å². The Morgan fingerprint density at radius 1 is 1.18 bits per heavy atom. The number of hydrogen-bond donors (Lipinski definition) is 1. The van der Waals surface area contributed by atoms with E-state index in [9.17, 15) is 9.90 Å². The Balaban J connectivity index is 1.64. The zero-order valence-electron chi connectivity index (χ0n) is 15.4. The van der Waals surface area contributed by atoms with Gasteiger partial charge in [-0.15, -0.1) is 0 Å².